The maximum atomic E-state index is 3.48. The summed E-state index contributed by atoms with van der Waals surface area (Å²) in [5.41, 5.74) is 5.80. The molecule has 1 aliphatic rings. The number of unbranched alkanes of at least 4 members (excludes halogenated alkanes) is 2. The van der Waals surface area contributed by atoms with Crippen molar-refractivity contribution in [2.75, 3.05) is 19.6 Å². The summed E-state index contributed by atoms with van der Waals surface area (Å²) in [7, 11) is 0. The van der Waals surface area contributed by atoms with Crippen LogP contribution in [0.3, 0.4) is 0 Å². The van der Waals surface area contributed by atoms with E-state index in [0.717, 1.165) is 5.92 Å². The number of benzene rings is 2. The topological polar surface area (TPSA) is 19.0 Å². The number of aromatic nitrogens is 1. The van der Waals surface area contributed by atoms with E-state index in [1.807, 2.05) is 0 Å². The van der Waals surface area contributed by atoms with Gasteiger partial charge in [0.25, 0.3) is 0 Å². The fraction of sp³-hybridized carbons (Fsp3) is 0.481. The van der Waals surface area contributed by atoms with E-state index in [0.29, 0.717) is 0 Å². The lowest BCUT2D eigenvalue weighted by molar-refractivity contribution is 0.204. The minimum atomic E-state index is 0.722. The van der Waals surface area contributed by atoms with E-state index >= 15 is 0 Å². The SMILES string of the molecule is CCCCc1ccc2[nH]cc(CCCCN3CCCC(c4ccccc4)C3)c2c1. The zero-order chi connectivity index (χ0) is 19.9. The molecular weight excluding hydrogens is 352 g/mol. The highest BCUT2D eigenvalue weighted by molar-refractivity contribution is 5.83. The number of hydrogen-bond acceptors (Lipinski definition) is 1. The van der Waals surface area contributed by atoms with Crippen molar-refractivity contribution in [1.29, 1.82) is 0 Å². The molecule has 0 amide bonds. The molecule has 1 fully saturated rings. The Hall–Kier alpha value is -2.06. The summed E-state index contributed by atoms with van der Waals surface area (Å²) in [6.45, 7) is 6.02. The van der Waals surface area contributed by atoms with Gasteiger partial charge < -0.3 is 9.88 Å². The number of likely N-dealkylation sites (tertiary alicyclic amines) is 1. The van der Waals surface area contributed by atoms with Gasteiger partial charge in [-0.3, -0.25) is 0 Å². The predicted octanol–water partition coefficient (Wildman–Crippen LogP) is 6.71. The molecule has 1 aliphatic heterocycles. The van der Waals surface area contributed by atoms with Crippen LogP contribution < -0.4 is 0 Å². The molecule has 0 radical (unpaired) electrons. The minimum absolute atomic E-state index is 0.722. The van der Waals surface area contributed by atoms with Crippen LogP contribution in [0.5, 0.6) is 0 Å². The third-order valence-electron chi connectivity index (χ3n) is 6.60. The van der Waals surface area contributed by atoms with Gasteiger partial charge in [-0.05, 0) is 92.8 Å². The number of piperidine rings is 1. The molecule has 29 heavy (non-hydrogen) atoms. The van der Waals surface area contributed by atoms with Crippen molar-refractivity contribution < 1.29 is 0 Å². The van der Waals surface area contributed by atoms with Gasteiger partial charge in [-0.2, -0.15) is 0 Å². The Kier molecular flexibility index (Phi) is 7.05. The van der Waals surface area contributed by atoms with E-state index in [1.165, 1.54) is 98.6 Å². The second kappa shape index (κ2) is 10.1. The van der Waals surface area contributed by atoms with Gasteiger partial charge >= 0.3 is 0 Å². The monoisotopic (exact) mass is 388 g/mol. The molecule has 1 unspecified atom stereocenters. The van der Waals surface area contributed by atoms with Crippen molar-refractivity contribution >= 4 is 10.9 Å². The molecule has 2 heteroatoms. The summed E-state index contributed by atoms with van der Waals surface area (Å²) in [6, 6.07) is 18.1. The fourth-order valence-electron chi connectivity index (χ4n) is 4.88. The second-order valence-electron chi connectivity index (χ2n) is 8.80. The predicted molar refractivity (Wildman–Crippen MR) is 125 cm³/mol. The molecule has 4 rings (SSSR count). The molecule has 154 valence electrons. The summed E-state index contributed by atoms with van der Waals surface area (Å²) in [4.78, 5) is 6.17. The smallest absolute Gasteiger partial charge is 0.0456 e. The van der Waals surface area contributed by atoms with Gasteiger partial charge in [-0.1, -0.05) is 49.7 Å². The molecule has 0 saturated carbocycles. The van der Waals surface area contributed by atoms with Crippen LogP contribution in [0.15, 0.2) is 54.7 Å². The number of fused-ring (bicyclic) bond motifs is 1. The maximum Gasteiger partial charge on any atom is 0.0456 e. The molecular formula is C27H36N2. The van der Waals surface area contributed by atoms with Gasteiger partial charge in [0.1, 0.15) is 0 Å². The quantitative estimate of drug-likeness (QED) is 0.403. The zero-order valence-electron chi connectivity index (χ0n) is 18.0. The van der Waals surface area contributed by atoms with Crippen molar-refractivity contribution in [3.8, 4) is 0 Å². The van der Waals surface area contributed by atoms with E-state index in [4.69, 9.17) is 0 Å². The van der Waals surface area contributed by atoms with Gasteiger partial charge in [0, 0.05) is 23.6 Å². The maximum absolute atomic E-state index is 3.48. The molecule has 2 heterocycles. The van der Waals surface area contributed by atoms with Gasteiger partial charge in [0.15, 0.2) is 0 Å². The molecule has 2 aromatic carbocycles. The number of aromatic amines is 1. The Morgan fingerprint density at radius 2 is 1.90 bits per heavy atom. The summed E-state index contributed by atoms with van der Waals surface area (Å²) in [5.74, 6) is 0.722. The molecule has 2 nitrogen and oxygen atoms in total. The minimum Gasteiger partial charge on any atom is -0.361 e. The van der Waals surface area contributed by atoms with Crippen LogP contribution in [0.2, 0.25) is 0 Å². The van der Waals surface area contributed by atoms with Crippen molar-refractivity contribution in [2.45, 2.75) is 64.2 Å². The van der Waals surface area contributed by atoms with Gasteiger partial charge in [-0.15, -0.1) is 0 Å². The Morgan fingerprint density at radius 1 is 1.00 bits per heavy atom. The first-order valence-electron chi connectivity index (χ1n) is 11.7. The van der Waals surface area contributed by atoms with Gasteiger partial charge in [0.05, 0.1) is 0 Å². The first kappa shape index (κ1) is 20.2. The summed E-state index contributed by atoms with van der Waals surface area (Å²) in [6.07, 6.45) is 12.4. The van der Waals surface area contributed by atoms with Crippen LogP contribution in [0, 0.1) is 0 Å². The van der Waals surface area contributed by atoms with Crippen molar-refractivity contribution in [2.24, 2.45) is 0 Å². The van der Waals surface area contributed by atoms with Gasteiger partial charge in [0.2, 0.25) is 0 Å². The zero-order valence-corrected chi connectivity index (χ0v) is 18.0. The lowest BCUT2D eigenvalue weighted by Crippen LogP contribution is -2.35. The lowest BCUT2D eigenvalue weighted by Gasteiger charge is -2.33. The van der Waals surface area contributed by atoms with E-state index < -0.39 is 0 Å². The van der Waals surface area contributed by atoms with Crippen LogP contribution >= 0.6 is 0 Å². The highest BCUT2D eigenvalue weighted by Crippen LogP contribution is 2.27. The van der Waals surface area contributed by atoms with Crippen LogP contribution in [0.4, 0.5) is 0 Å². The van der Waals surface area contributed by atoms with Crippen molar-refractivity contribution in [1.82, 2.24) is 9.88 Å². The molecule has 1 atom stereocenters. The number of rotatable bonds is 9. The summed E-state index contributed by atoms with van der Waals surface area (Å²) < 4.78 is 0. The van der Waals surface area contributed by atoms with Crippen molar-refractivity contribution in [3.63, 3.8) is 0 Å². The summed E-state index contributed by atoms with van der Waals surface area (Å²) >= 11 is 0. The van der Waals surface area contributed by atoms with E-state index in [9.17, 15) is 0 Å². The Balaban J connectivity index is 1.27. The molecule has 0 bridgehead atoms. The van der Waals surface area contributed by atoms with Crippen LogP contribution in [0.1, 0.15) is 68.1 Å². The normalized spacial score (nSPS) is 17.8. The molecule has 1 saturated heterocycles. The first-order chi connectivity index (χ1) is 14.3. The molecule has 1 N–H and O–H groups in total. The fourth-order valence-corrected chi connectivity index (χ4v) is 4.88. The Morgan fingerprint density at radius 3 is 2.76 bits per heavy atom. The summed E-state index contributed by atoms with van der Waals surface area (Å²) in [5, 5.41) is 1.45. The van der Waals surface area contributed by atoms with E-state index in [1.54, 1.807) is 0 Å². The molecule has 0 spiro atoms. The van der Waals surface area contributed by atoms with Crippen molar-refractivity contribution in [3.05, 3.63) is 71.4 Å². The van der Waals surface area contributed by atoms with Crippen LogP contribution in [0.25, 0.3) is 10.9 Å². The van der Waals surface area contributed by atoms with E-state index in [-0.39, 0.29) is 0 Å². The average Bonchev–Trinajstić information content (AvgIpc) is 3.18. The molecule has 1 aromatic heterocycles. The third-order valence-corrected chi connectivity index (χ3v) is 6.60. The highest BCUT2D eigenvalue weighted by atomic mass is 15.1. The number of hydrogen-bond donors (Lipinski definition) is 1. The Bertz CT molecular complexity index is 880. The van der Waals surface area contributed by atoms with Gasteiger partial charge in [-0.25, -0.2) is 0 Å². The number of nitrogens with zero attached hydrogens (tertiary/aromatic N) is 1. The third kappa shape index (κ3) is 5.30. The molecule has 0 aliphatic carbocycles. The standard InChI is InChI=1S/C27H36N2/c1-2-3-10-22-15-16-27-26(19-22)24(20-28-27)13-7-8-17-29-18-9-14-25(21-29)23-11-5-4-6-12-23/h4-6,11-12,15-16,19-20,25,28H,2-3,7-10,13-14,17-18,21H2,1H3. The molecule has 3 aromatic rings. The van der Waals surface area contributed by atoms with E-state index in [2.05, 4.69) is 71.5 Å². The van der Waals surface area contributed by atoms with Crippen LogP contribution in [-0.2, 0) is 12.8 Å². The first-order valence-corrected chi connectivity index (χ1v) is 11.7. The Labute approximate surface area is 176 Å². The number of nitrogens with one attached hydrogen (secondary N) is 1. The average molecular weight is 389 g/mol. The number of H-pyrrole nitrogens is 1. The highest BCUT2D eigenvalue weighted by Gasteiger charge is 2.20. The number of aryl methyl sites for hydroxylation is 2. The largest absolute Gasteiger partial charge is 0.361 e. The van der Waals surface area contributed by atoms with Crippen LogP contribution in [-0.4, -0.2) is 29.5 Å². The lowest BCUT2D eigenvalue weighted by atomic mass is 9.90. The second-order valence-corrected chi connectivity index (χ2v) is 8.80.